The summed E-state index contributed by atoms with van der Waals surface area (Å²) in [5.41, 5.74) is -2.38. The van der Waals surface area contributed by atoms with Gasteiger partial charge in [-0.2, -0.15) is 0 Å². The highest BCUT2D eigenvalue weighted by Gasteiger charge is 2.64. The molecule has 2 aromatic carbocycles. The molecule has 2 aromatic rings. The van der Waals surface area contributed by atoms with Gasteiger partial charge in [0.2, 0.25) is 0 Å². The lowest BCUT2D eigenvalue weighted by atomic mass is 9.51. The molecule has 9 nitrogen and oxygen atoms in total. The van der Waals surface area contributed by atoms with E-state index in [0.717, 1.165) is 13.0 Å². The summed E-state index contributed by atoms with van der Waals surface area (Å²) in [6.07, 6.45) is -3.01. The number of rotatable bonds is 8. The van der Waals surface area contributed by atoms with Gasteiger partial charge in [-0.05, 0) is 49.3 Å². The molecule has 3 aliphatic carbocycles. The van der Waals surface area contributed by atoms with Crippen molar-refractivity contribution in [1.82, 2.24) is 0 Å². The molecule has 0 aliphatic heterocycles. The van der Waals surface area contributed by atoms with Crippen LogP contribution in [0.5, 0.6) is 0 Å². The zero-order valence-electron chi connectivity index (χ0n) is 20.4. The van der Waals surface area contributed by atoms with Crippen molar-refractivity contribution in [1.29, 1.82) is 0 Å². The summed E-state index contributed by atoms with van der Waals surface area (Å²) in [4.78, 5) is 23.3. The quantitative estimate of drug-likeness (QED) is 0.270. The summed E-state index contributed by atoms with van der Waals surface area (Å²) in [5, 5.41) is 32.8. The zero-order valence-corrected chi connectivity index (χ0v) is 22.0. The number of ether oxygens (including phenoxy) is 1. The molecule has 0 heterocycles. The van der Waals surface area contributed by atoms with Gasteiger partial charge in [0.25, 0.3) is 5.91 Å². The molecule has 14 heteroatoms. The predicted molar refractivity (Wildman–Crippen MR) is 131 cm³/mol. The number of hydrogen-bond acceptors (Lipinski definition) is 8. The highest BCUT2D eigenvalue weighted by Crippen LogP contribution is 2.57. The van der Waals surface area contributed by atoms with Gasteiger partial charge in [-0.25, -0.2) is 21.6 Å². The Labute approximate surface area is 226 Å². The second-order valence-electron chi connectivity index (χ2n) is 9.82. The summed E-state index contributed by atoms with van der Waals surface area (Å²) in [7, 11) is -4.17. The van der Waals surface area contributed by atoms with Crippen molar-refractivity contribution < 1.29 is 51.2 Å². The van der Waals surface area contributed by atoms with Crippen molar-refractivity contribution in [2.45, 2.75) is 54.1 Å². The fourth-order valence-electron chi connectivity index (χ4n) is 5.41. The van der Waals surface area contributed by atoms with Crippen LogP contribution in [0.4, 0.5) is 18.9 Å². The standard InChI is InChI=1S/C25H25ClF3NO8S/c1-11(31)38-10-20(32)23(33)25(35)13-5-14(25)7-16(6-13)39(36,37)21-4-12(2-3-17(21)26)24(34)30-15-8-18(27)22(29)19(28)9-15/h2-4,8-9,13-14,16,20,23,32-33,35H,5-7,10H2,1H3,(H,30,34)/t13?,14?,16?,20-,23+,25?/m0/s1. The third-order valence-electron chi connectivity index (χ3n) is 7.45. The third kappa shape index (κ3) is 5.38. The van der Waals surface area contributed by atoms with Crippen LogP contribution in [0.15, 0.2) is 35.2 Å². The van der Waals surface area contributed by atoms with Crippen LogP contribution in [0.25, 0.3) is 0 Å². The molecule has 2 bridgehead atoms. The van der Waals surface area contributed by atoms with Crippen LogP contribution in [0.2, 0.25) is 5.02 Å². The number of fused-ring (bicyclic) bond motifs is 2. The van der Waals surface area contributed by atoms with E-state index in [9.17, 15) is 46.5 Å². The first-order valence-electron chi connectivity index (χ1n) is 11.9. The number of carbonyl (C=O) groups excluding carboxylic acids is 2. The maximum atomic E-state index is 13.5. The van der Waals surface area contributed by atoms with E-state index in [-0.39, 0.29) is 28.3 Å². The number of benzene rings is 2. The van der Waals surface area contributed by atoms with Crippen LogP contribution >= 0.6 is 11.6 Å². The van der Waals surface area contributed by atoms with Crippen molar-refractivity contribution in [3.8, 4) is 0 Å². The van der Waals surface area contributed by atoms with Gasteiger partial charge < -0.3 is 25.4 Å². The molecule has 0 aromatic heterocycles. The average molecular weight is 592 g/mol. The van der Waals surface area contributed by atoms with Crippen LogP contribution < -0.4 is 5.32 Å². The largest absolute Gasteiger partial charge is 0.463 e. The van der Waals surface area contributed by atoms with Crippen molar-refractivity contribution in [3.05, 3.63) is 58.4 Å². The normalized spacial score (nSPS) is 25.8. The molecule has 4 atom stereocenters. The van der Waals surface area contributed by atoms with Crippen LogP contribution in [0, 0.1) is 29.3 Å². The molecular weight excluding hydrogens is 567 g/mol. The van der Waals surface area contributed by atoms with E-state index >= 15 is 0 Å². The first-order valence-corrected chi connectivity index (χ1v) is 13.8. The van der Waals surface area contributed by atoms with E-state index in [1.54, 1.807) is 0 Å². The number of anilines is 1. The molecule has 212 valence electrons. The lowest BCUT2D eigenvalue weighted by Gasteiger charge is -2.60. The number of aliphatic hydroxyl groups is 3. The van der Waals surface area contributed by atoms with Gasteiger partial charge in [-0.1, -0.05) is 11.6 Å². The Morgan fingerprint density at radius 1 is 1.10 bits per heavy atom. The Morgan fingerprint density at radius 2 is 1.69 bits per heavy atom. The summed E-state index contributed by atoms with van der Waals surface area (Å²) in [6.45, 7) is 0.579. The number of sulfone groups is 1. The number of esters is 1. The van der Waals surface area contributed by atoms with E-state index in [1.165, 1.54) is 12.1 Å². The van der Waals surface area contributed by atoms with Crippen molar-refractivity contribution in [3.63, 3.8) is 0 Å². The Morgan fingerprint density at radius 3 is 2.26 bits per heavy atom. The average Bonchev–Trinajstić information content (AvgIpc) is 2.89. The molecule has 5 rings (SSSR count). The Balaban J connectivity index is 1.51. The van der Waals surface area contributed by atoms with Crippen molar-refractivity contribution >= 4 is 39.0 Å². The Kier molecular flexibility index (Phi) is 8.03. The Hall–Kier alpha value is -2.71. The SMILES string of the molecule is CC(=O)OC[C@H](O)[C@@H](O)C1(O)C2CC1CC(S(=O)(=O)c1cc(C(=O)Nc3cc(F)c(F)c(F)c3)ccc1Cl)C2. The molecule has 3 aliphatic rings. The van der Waals surface area contributed by atoms with Crippen LogP contribution in [0.3, 0.4) is 0 Å². The van der Waals surface area contributed by atoms with Crippen molar-refractivity contribution in [2.75, 3.05) is 11.9 Å². The topological polar surface area (TPSA) is 150 Å². The maximum absolute atomic E-state index is 13.5. The Bertz CT molecular complexity index is 1390. The van der Waals surface area contributed by atoms with E-state index in [0.29, 0.717) is 18.6 Å². The number of hydrogen-bond donors (Lipinski definition) is 4. The smallest absolute Gasteiger partial charge is 0.302 e. The van der Waals surface area contributed by atoms with E-state index in [4.69, 9.17) is 11.6 Å². The number of nitrogens with one attached hydrogen (secondary N) is 1. The van der Waals surface area contributed by atoms with Gasteiger partial charge >= 0.3 is 5.97 Å². The lowest BCUT2D eigenvalue weighted by Crippen LogP contribution is -2.70. The molecule has 39 heavy (non-hydrogen) atoms. The van der Waals surface area contributed by atoms with Gasteiger partial charge in [0.05, 0.1) is 20.8 Å². The highest BCUT2D eigenvalue weighted by molar-refractivity contribution is 7.92. The first kappa shape index (κ1) is 29.3. The fraction of sp³-hybridized carbons (Fsp3) is 0.440. The molecule has 1 amide bonds. The lowest BCUT2D eigenvalue weighted by molar-refractivity contribution is -0.254. The van der Waals surface area contributed by atoms with Gasteiger partial charge in [-0.15, -0.1) is 0 Å². The van der Waals surface area contributed by atoms with Gasteiger partial charge in [-0.3, -0.25) is 9.59 Å². The van der Waals surface area contributed by atoms with Gasteiger partial charge in [0.15, 0.2) is 27.3 Å². The molecule has 2 unspecified atom stereocenters. The minimum Gasteiger partial charge on any atom is -0.463 e. The molecule has 0 spiro atoms. The molecule has 4 N–H and O–H groups in total. The summed E-state index contributed by atoms with van der Waals surface area (Å²) < 4.78 is 71.9. The van der Waals surface area contributed by atoms with Gasteiger partial charge in [0, 0.05) is 30.3 Å². The monoisotopic (exact) mass is 591 g/mol. The van der Waals surface area contributed by atoms with Crippen molar-refractivity contribution in [2.24, 2.45) is 11.8 Å². The second kappa shape index (κ2) is 10.7. The number of halogens is 4. The minimum absolute atomic E-state index is 0.0758. The number of amides is 1. The summed E-state index contributed by atoms with van der Waals surface area (Å²) in [6, 6.07) is 4.51. The minimum atomic E-state index is -4.17. The molecular formula is C25H25ClF3NO8S. The molecule has 3 saturated carbocycles. The maximum Gasteiger partial charge on any atom is 0.302 e. The fourth-order valence-corrected chi connectivity index (χ4v) is 7.81. The second-order valence-corrected chi connectivity index (χ2v) is 12.4. The van der Waals surface area contributed by atoms with Gasteiger partial charge in [0.1, 0.15) is 18.8 Å². The molecule has 0 saturated heterocycles. The van der Waals surface area contributed by atoms with Crippen LogP contribution in [-0.4, -0.2) is 65.3 Å². The van der Waals surface area contributed by atoms with E-state index in [1.807, 2.05) is 0 Å². The predicted octanol–water partition coefficient (Wildman–Crippen LogP) is 2.60. The van der Waals surface area contributed by atoms with E-state index < -0.39 is 86.4 Å². The number of aliphatic hydroxyl groups excluding tert-OH is 2. The van der Waals surface area contributed by atoms with E-state index in [2.05, 4.69) is 10.1 Å². The van der Waals surface area contributed by atoms with Crippen LogP contribution in [-0.2, 0) is 19.4 Å². The highest BCUT2D eigenvalue weighted by atomic mass is 35.5. The third-order valence-corrected chi connectivity index (χ3v) is 10.1. The number of carbonyl (C=O) groups is 2. The van der Waals surface area contributed by atoms with Crippen LogP contribution in [0.1, 0.15) is 36.5 Å². The summed E-state index contributed by atoms with van der Waals surface area (Å²) in [5.74, 6) is -7.75. The zero-order chi connectivity index (χ0) is 28.9. The molecule has 3 fully saturated rings. The molecule has 0 radical (unpaired) electrons. The summed E-state index contributed by atoms with van der Waals surface area (Å²) >= 11 is 6.16. The first-order chi connectivity index (χ1) is 18.2.